The Hall–Kier alpha value is -0.523. The molecule has 0 saturated carbocycles. The zero-order chi connectivity index (χ0) is 22.9. The third-order valence-electron chi connectivity index (χ3n) is 5.59. The van der Waals surface area contributed by atoms with E-state index in [4.69, 9.17) is 5.73 Å². The molecule has 0 rings (SSSR count). The van der Waals surface area contributed by atoms with Gasteiger partial charge in [-0.15, -0.1) is 0 Å². The Bertz CT molecular complexity index is 405. The van der Waals surface area contributed by atoms with Crippen molar-refractivity contribution in [3.8, 4) is 0 Å². The Morgan fingerprint density at radius 2 is 1.10 bits per heavy atom. The summed E-state index contributed by atoms with van der Waals surface area (Å²) in [7, 11) is -0.852. The van der Waals surface area contributed by atoms with Crippen LogP contribution in [0.2, 0.25) is 25.7 Å². The number of unbranched alkanes of at least 4 members (excludes halogenated alkanes) is 11. The van der Waals surface area contributed by atoms with Gasteiger partial charge in [0.1, 0.15) is 0 Å². The fourth-order valence-electron chi connectivity index (χ4n) is 3.59. The Labute approximate surface area is 196 Å². The molecule has 0 fully saturated rings. The summed E-state index contributed by atoms with van der Waals surface area (Å²) in [6, 6.07) is 1.43. The SMILES string of the molecule is C[Si](C)(C)CCCNCCCN=CCCCC=NCCCCCCCCCCCCN. The largest absolute Gasteiger partial charge is 0.330 e. The molecule has 3 N–H and O–H groups in total. The molecule has 5 heteroatoms. The third kappa shape index (κ3) is 29.5. The van der Waals surface area contributed by atoms with Crippen molar-refractivity contribution in [1.82, 2.24) is 5.32 Å². The van der Waals surface area contributed by atoms with Crippen molar-refractivity contribution in [2.75, 3.05) is 32.7 Å². The monoisotopic (exact) mass is 452 g/mol. The molecule has 0 aliphatic heterocycles. The minimum Gasteiger partial charge on any atom is -0.330 e. The second-order valence-electron chi connectivity index (χ2n) is 10.2. The lowest BCUT2D eigenvalue weighted by Crippen LogP contribution is -2.23. The van der Waals surface area contributed by atoms with E-state index in [1.54, 1.807) is 0 Å². The van der Waals surface area contributed by atoms with Gasteiger partial charge in [-0.1, -0.05) is 77.1 Å². The molecule has 0 amide bonds. The topological polar surface area (TPSA) is 62.8 Å². The van der Waals surface area contributed by atoms with Gasteiger partial charge in [0.15, 0.2) is 0 Å². The van der Waals surface area contributed by atoms with Gasteiger partial charge in [0.25, 0.3) is 0 Å². The van der Waals surface area contributed by atoms with Crippen LogP contribution in [0.3, 0.4) is 0 Å². The first-order valence-electron chi connectivity index (χ1n) is 13.4. The Morgan fingerprint density at radius 3 is 1.65 bits per heavy atom. The smallest absolute Gasteiger partial charge is 0.0443 e. The van der Waals surface area contributed by atoms with Crippen LogP contribution in [0.5, 0.6) is 0 Å². The Kier molecular flexibility index (Phi) is 23.7. The highest BCUT2D eigenvalue weighted by Gasteiger charge is 2.11. The summed E-state index contributed by atoms with van der Waals surface area (Å²) < 4.78 is 0. The standard InChI is InChI=1S/C26H56N4Si/c1-31(2,3)26-18-25-30-24-17-23-29-22-16-12-15-21-28-20-14-11-9-7-5-4-6-8-10-13-19-27/h21-22,30H,4-20,23-27H2,1-3H3. The van der Waals surface area contributed by atoms with Crippen molar-refractivity contribution in [2.24, 2.45) is 15.7 Å². The lowest BCUT2D eigenvalue weighted by Gasteiger charge is -2.15. The lowest BCUT2D eigenvalue weighted by atomic mass is 10.1. The summed E-state index contributed by atoms with van der Waals surface area (Å²) >= 11 is 0. The van der Waals surface area contributed by atoms with Gasteiger partial charge in [0, 0.05) is 21.2 Å². The molecule has 0 bridgehead atoms. The molecular weight excluding hydrogens is 396 g/mol. The highest BCUT2D eigenvalue weighted by molar-refractivity contribution is 6.76. The van der Waals surface area contributed by atoms with Gasteiger partial charge in [-0.05, 0) is 77.0 Å². The van der Waals surface area contributed by atoms with Gasteiger partial charge in [0.05, 0.1) is 0 Å². The van der Waals surface area contributed by atoms with E-state index in [9.17, 15) is 0 Å². The molecule has 0 unspecified atom stereocenters. The van der Waals surface area contributed by atoms with Gasteiger partial charge in [0.2, 0.25) is 0 Å². The van der Waals surface area contributed by atoms with Crippen LogP contribution in [0, 0.1) is 0 Å². The molecule has 0 atom stereocenters. The van der Waals surface area contributed by atoms with Gasteiger partial charge in [-0.2, -0.15) is 0 Å². The van der Waals surface area contributed by atoms with Crippen LogP contribution in [-0.2, 0) is 0 Å². The molecule has 0 aromatic heterocycles. The molecule has 0 heterocycles. The van der Waals surface area contributed by atoms with Gasteiger partial charge < -0.3 is 11.1 Å². The molecular formula is C26H56N4Si. The van der Waals surface area contributed by atoms with Gasteiger partial charge in [-0.3, -0.25) is 9.98 Å². The van der Waals surface area contributed by atoms with Crippen molar-refractivity contribution < 1.29 is 0 Å². The van der Waals surface area contributed by atoms with Gasteiger partial charge in [-0.25, -0.2) is 0 Å². The maximum atomic E-state index is 5.52. The fraction of sp³-hybridized carbons (Fsp3) is 0.923. The van der Waals surface area contributed by atoms with Crippen molar-refractivity contribution in [3.63, 3.8) is 0 Å². The molecule has 0 aliphatic rings. The first-order valence-corrected chi connectivity index (χ1v) is 17.1. The molecule has 0 radical (unpaired) electrons. The van der Waals surface area contributed by atoms with Crippen molar-refractivity contribution >= 4 is 20.5 Å². The normalized spacial score (nSPS) is 12.5. The zero-order valence-electron chi connectivity index (χ0n) is 21.5. The summed E-state index contributed by atoms with van der Waals surface area (Å²) in [6.07, 6.45) is 23.5. The van der Waals surface area contributed by atoms with E-state index in [1.807, 2.05) is 0 Å². The molecule has 0 aliphatic carbocycles. The summed E-state index contributed by atoms with van der Waals surface area (Å²) in [5.41, 5.74) is 5.52. The second-order valence-corrected chi connectivity index (χ2v) is 15.8. The van der Waals surface area contributed by atoms with E-state index < -0.39 is 8.07 Å². The van der Waals surface area contributed by atoms with Crippen molar-refractivity contribution in [1.29, 1.82) is 0 Å². The van der Waals surface area contributed by atoms with Crippen LogP contribution >= 0.6 is 0 Å². The highest BCUT2D eigenvalue weighted by atomic mass is 28.3. The van der Waals surface area contributed by atoms with Gasteiger partial charge >= 0.3 is 0 Å². The van der Waals surface area contributed by atoms with E-state index >= 15 is 0 Å². The average Bonchev–Trinajstić information content (AvgIpc) is 2.73. The number of hydrogen-bond acceptors (Lipinski definition) is 4. The van der Waals surface area contributed by atoms with Crippen LogP contribution < -0.4 is 11.1 Å². The summed E-state index contributed by atoms with van der Waals surface area (Å²) in [5.74, 6) is 0. The molecule has 0 spiro atoms. The van der Waals surface area contributed by atoms with Crippen LogP contribution in [0.4, 0.5) is 0 Å². The van der Waals surface area contributed by atoms with Crippen molar-refractivity contribution in [2.45, 2.75) is 122 Å². The van der Waals surface area contributed by atoms with Crippen LogP contribution in [0.15, 0.2) is 9.98 Å². The number of aliphatic imine (C=N–C) groups is 2. The number of nitrogens with two attached hydrogens (primary N) is 1. The highest BCUT2D eigenvalue weighted by Crippen LogP contribution is 2.11. The first-order chi connectivity index (χ1) is 15.1. The van der Waals surface area contributed by atoms with Crippen LogP contribution in [0.1, 0.15) is 96.3 Å². The average molecular weight is 453 g/mol. The number of rotatable bonds is 24. The van der Waals surface area contributed by atoms with E-state index in [2.05, 4.69) is 47.4 Å². The quantitative estimate of drug-likeness (QED) is 0.0953. The predicted octanol–water partition coefficient (Wildman–Crippen LogP) is 6.87. The molecule has 0 saturated heterocycles. The second kappa shape index (κ2) is 24.1. The molecule has 184 valence electrons. The van der Waals surface area contributed by atoms with E-state index in [1.165, 1.54) is 89.6 Å². The third-order valence-corrected chi connectivity index (χ3v) is 7.44. The maximum Gasteiger partial charge on any atom is 0.0443 e. The summed E-state index contributed by atoms with van der Waals surface area (Å²) in [5, 5.41) is 3.55. The molecule has 31 heavy (non-hydrogen) atoms. The minimum absolute atomic E-state index is 0.852. The maximum absolute atomic E-state index is 5.52. The zero-order valence-corrected chi connectivity index (χ0v) is 22.5. The van der Waals surface area contributed by atoms with E-state index in [0.29, 0.717) is 0 Å². The lowest BCUT2D eigenvalue weighted by molar-refractivity contribution is 0.554. The Morgan fingerprint density at radius 1 is 0.613 bits per heavy atom. The summed E-state index contributed by atoms with van der Waals surface area (Å²) in [4.78, 5) is 9.09. The minimum atomic E-state index is -0.852. The molecule has 4 nitrogen and oxygen atoms in total. The molecule has 0 aromatic carbocycles. The van der Waals surface area contributed by atoms with E-state index in [-0.39, 0.29) is 0 Å². The summed E-state index contributed by atoms with van der Waals surface area (Å²) in [6.45, 7) is 12.4. The molecule has 0 aromatic rings. The number of nitrogens with one attached hydrogen (secondary N) is 1. The predicted molar refractivity (Wildman–Crippen MR) is 146 cm³/mol. The number of nitrogens with zero attached hydrogens (tertiary/aromatic N) is 2. The van der Waals surface area contributed by atoms with Crippen LogP contribution in [-0.4, -0.2) is 53.2 Å². The fourth-order valence-corrected chi connectivity index (χ4v) is 4.83. The first kappa shape index (κ1) is 30.5. The Balaban J connectivity index is 3.19. The van der Waals surface area contributed by atoms with E-state index in [0.717, 1.165) is 45.4 Å². The van der Waals surface area contributed by atoms with Crippen molar-refractivity contribution in [3.05, 3.63) is 0 Å². The van der Waals surface area contributed by atoms with Crippen LogP contribution in [0.25, 0.3) is 0 Å². The number of hydrogen-bond donors (Lipinski definition) is 2.